The Hall–Kier alpha value is -1.80. The van der Waals surface area contributed by atoms with Gasteiger partial charge in [-0.15, -0.1) is 12.3 Å². The van der Waals surface area contributed by atoms with E-state index in [0.717, 1.165) is 4.47 Å². The maximum atomic E-state index is 12.0. The molecule has 1 atom stereocenters. The molecular weight excluding hydrogens is 308 g/mol. The fourth-order valence-electron chi connectivity index (χ4n) is 1.57. The number of benzene rings is 1. The van der Waals surface area contributed by atoms with Crippen LogP contribution in [0.1, 0.15) is 29.6 Å². The first kappa shape index (κ1) is 15.3. The molecule has 0 aromatic heterocycles. The monoisotopic (exact) mass is 322 g/mol. The SMILES string of the molecule is C#CCCC[C@H](NC(=O)c1cccc(Br)c1)C(N)=O. The van der Waals surface area contributed by atoms with Gasteiger partial charge in [-0.3, -0.25) is 9.59 Å². The molecule has 19 heavy (non-hydrogen) atoms. The van der Waals surface area contributed by atoms with E-state index < -0.39 is 11.9 Å². The molecule has 4 nitrogen and oxygen atoms in total. The molecule has 3 N–H and O–H groups in total. The molecule has 0 saturated heterocycles. The fourth-order valence-corrected chi connectivity index (χ4v) is 1.96. The average molecular weight is 323 g/mol. The van der Waals surface area contributed by atoms with E-state index in [1.165, 1.54) is 0 Å². The first-order valence-corrected chi connectivity index (χ1v) is 6.63. The van der Waals surface area contributed by atoms with E-state index in [0.29, 0.717) is 24.8 Å². The van der Waals surface area contributed by atoms with Crippen LogP contribution in [0, 0.1) is 12.3 Å². The molecule has 0 aliphatic heterocycles. The summed E-state index contributed by atoms with van der Waals surface area (Å²) in [6.45, 7) is 0. The quantitative estimate of drug-likeness (QED) is 0.619. The van der Waals surface area contributed by atoms with E-state index >= 15 is 0 Å². The molecule has 0 unspecified atom stereocenters. The number of halogens is 1. The van der Waals surface area contributed by atoms with Gasteiger partial charge in [-0.25, -0.2) is 0 Å². The lowest BCUT2D eigenvalue weighted by Gasteiger charge is -2.15. The van der Waals surface area contributed by atoms with Crippen molar-refractivity contribution in [3.8, 4) is 12.3 Å². The van der Waals surface area contributed by atoms with Crippen molar-refractivity contribution in [3.05, 3.63) is 34.3 Å². The zero-order valence-electron chi connectivity index (χ0n) is 10.4. The van der Waals surface area contributed by atoms with Gasteiger partial charge in [-0.05, 0) is 31.0 Å². The molecule has 0 spiro atoms. The second kappa shape index (κ2) is 7.59. The molecule has 0 fully saturated rings. The predicted octanol–water partition coefficient (Wildman–Crippen LogP) is 1.84. The first-order valence-electron chi connectivity index (χ1n) is 5.84. The number of amides is 2. The van der Waals surface area contributed by atoms with Crippen LogP contribution in [-0.2, 0) is 4.79 Å². The summed E-state index contributed by atoms with van der Waals surface area (Å²) in [5.74, 6) is 1.60. The molecule has 1 rings (SSSR count). The highest BCUT2D eigenvalue weighted by Crippen LogP contribution is 2.12. The van der Waals surface area contributed by atoms with Crippen molar-refractivity contribution in [1.82, 2.24) is 5.32 Å². The Balaban J connectivity index is 2.66. The predicted molar refractivity (Wildman–Crippen MR) is 77.3 cm³/mol. The molecule has 1 aromatic carbocycles. The van der Waals surface area contributed by atoms with Crippen LogP contribution in [0.3, 0.4) is 0 Å². The largest absolute Gasteiger partial charge is 0.368 e. The van der Waals surface area contributed by atoms with Gasteiger partial charge in [0, 0.05) is 16.5 Å². The van der Waals surface area contributed by atoms with Gasteiger partial charge in [0.2, 0.25) is 5.91 Å². The minimum atomic E-state index is -0.695. The number of hydrogen-bond acceptors (Lipinski definition) is 2. The third kappa shape index (κ3) is 5.14. The van der Waals surface area contributed by atoms with Crippen molar-refractivity contribution in [2.24, 2.45) is 5.73 Å². The number of carbonyl (C=O) groups is 2. The van der Waals surface area contributed by atoms with Crippen LogP contribution in [0.15, 0.2) is 28.7 Å². The van der Waals surface area contributed by atoms with Crippen molar-refractivity contribution in [2.75, 3.05) is 0 Å². The third-order valence-electron chi connectivity index (χ3n) is 2.55. The normalized spacial score (nSPS) is 11.4. The van der Waals surface area contributed by atoms with E-state index in [1.54, 1.807) is 18.2 Å². The minimum absolute atomic E-state index is 0.328. The van der Waals surface area contributed by atoms with Gasteiger partial charge in [0.15, 0.2) is 0 Å². The lowest BCUT2D eigenvalue weighted by molar-refractivity contribution is -0.120. The van der Waals surface area contributed by atoms with Crippen LogP contribution in [0.25, 0.3) is 0 Å². The summed E-state index contributed by atoms with van der Waals surface area (Å²) >= 11 is 3.28. The number of rotatable bonds is 6. The Morgan fingerprint density at radius 2 is 2.21 bits per heavy atom. The number of primary amides is 1. The van der Waals surface area contributed by atoms with Gasteiger partial charge >= 0.3 is 0 Å². The van der Waals surface area contributed by atoms with Crippen LogP contribution in [0.2, 0.25) is 0 Å². The summed E-state index contributed by atoms with van der Waals surface area (Å²) in [7, 11) is 0. The number of nitrogens with two attached hydrogens (primary N) is 1. The highest BCUT2D eigenvalue weighted by Gasteiger charge is 2.18. The summed E-state index contributed by atoms with van der Waals surface area (Å²) in [6.07, 6.45) is 6.78. The van der Waals surface area contributed by atoms with Crippen molar-refractivity contribution in [1.29, 1.82) is 0 Å². The summed E-state index contributed by atoms with van der Waals surface area (Å²) in [4.78, 5) is 23.2. The Bertz CT molecular complexity index is 508. The van der Waals surface area contributed by atoms with Gasteiger partial charge in [0.1, 0.15) is 6.04 Å². The molecule has 0 aliphatic rings. The fraction of sp³-hybridized carbons (Fsp3) is 0.286. The van der Waals surface area contributed by atoms with Crippen LogP contribution in [0.4, 0.5) is 0 Å². The molecule has 0 aliphatic carbocycles. The topological polar surface area (TPSA) is 72.2 Å². The molecule has 100 valence electrons. The maximum Gasteiger partial charge on any atom is 0.251 e. The Morgan fingerprint density at radius 3 is 2.79 bits per heavy atom. The van der Waals surface area contributed by atoms with Crippen molar-refractivity contribution >= 4 is 27.7 Å². The zero-order chi connectivity index (χ0) is 14.3. The van der Waals surface area contributed by atoms with Crippen LogP contribution >= 0.6 is 15.9 Å². The minimum Gasteiger partial charge on any atom is -0.368 e. The molecule has 2 amide bonds. The van der Waals surface area contributed by atoms with E-state index in [1.807, 2.05) is 6.07 Å². The lowest BCUT2D eigenvalue weighted by Crippen LogP contribution is -2.44. The van der Waals surface area contributed by atoms with Crippen LogP contribution < -0.4 is 11.1 Å². The second-order valence-electron chi connectivity index (χ2n) is 4.04. The molecule has 0 bridgehead atoms. The molecule has 0 radical (unpaired) electrons. The highest BCUT2D eigenvalue weighted by atomic mass is 79.9. The molecule has 0 heterocycles. The number of unbranched alkanes of at least 4 members (excludes halogenated alkanes) is 1. The molecular formula is C14H15BrN2O2. The Labute approximate surface area is 120 Å². The van der Waals surface area contributed by atoms with Crippen LogP contribution in [0.5, 0.6) is 0 Å². The summed E-state index contributed by atoms with van der Waals surface area (Å²) in [5.41, 5.74) is 5.73. The van der Waals surface area contributed by atoms with Crippen LogP contribution in [-0.4, -0.2) is 17.9 Å². The maximum absolute atomic E-state index is 12.0. The molecule has 1 aromatic rings. The first-order chi connectivity index (χ1) is 9.04. The zero-order valence-corrected chi connectivity index (χ0v) is 11.9. The molecule has 0 saturated carbocycles. The van der Waals surface area contributed by atoms with E-state index in [-0.39, 0.29) is 5.91 Å². The highest BCUT2D eigenvalue weighted by molar-refractivity contribution is 9.10. The molecule has 5 heteroatoms. The number of carbonyl (C=O) groups excluding carboxylic acids is 2. The Morgan fingerprint density at radius 1 is 1.47 bits per heavy atom. The Kier molecular flexibility index (Phi) is 6.10. The standard InChI is InChI=1S/C14H15BrN2O2/c1-2-3-4-8-12(13(16)18)17-14(19)10-6-5-7-11(15)9-10/h1,5-7,9,12H,3-4,8H2,(H2,16,18)(H,17,19)/t12-/m0/s1. The van der Waals surface area contributed by atoms with Crippen molar-refractivity contribution < 1.29 is 9.59 Å². The number of hydrogen-bond donors (Lipinski definition) is 2. The van der Waals surface area contributed by atoms with E-state index in [2.05, 4.69) is 27.2 Å². The smallest absolute Gasteiger partial charge is 0.251 e. The summed E-state index contributed by atoms with van der Waals surface area (Å²) in [5, 5.41) is 2.62. The van der Waals surface area contributed by atoms with Gasteiger partial charge in [0.05, 0.1) is 0 Å². The van der Waals surface area contributed by atoms with Gasteiger partial charge in [0.25, 0.3) is 5.91 Å². The van der Waals surface area contributed by atoms with E-state index in [4.69, 9.17) is 12.2 Å². The van der Waals surface area contributed by atoms with Gasteiger partial charge in [-0.2, -0.15) is 0 Å². The number of terminal acetylenes is 1. The average Bonchev–Trinajstić information content (AvgIpc) is 2.37. The van der Waals surface area contributed by atoms with Gasteiger partial charge in [-0.1, -0.05) is 22.0 Å². The van der Waals surface area contributed by atoms with Crippen molar-refractivity contribution in [2.45, 2.75) is 25.3 Å². The van der Waals surface area contributed by atoms with E-state index in [9.17, 15) is 9.59 Å². The second-order valence-corrected chi connectivity index (χ2v) is 4.95. The summed E-state index contributed by atoms with van der Waals surface area (Å²) in [6, 6.07) is 6.21. The van der Waals surface area contributed by atoms with Crippen molar-refractivity contribution in [3.63, 3.8) is 0 Å². The third-order valence-corrected chi connectivity index (χ3v) is 3.04. The summed E-state index contributed by atoms with van der Waals surface area (Å²) < 4.78 is 0.795. The van der Waals surface area contributed by atoms with Gasteiger partial charge < -0.3 is 11.1 Å². The number of nitrogens with one attached hydrogen (secondary N) is 1. The lowest BCUT2D eigenvalue weighted by atomic mass is 10.1.